The largest absolute Gasteiger partial charge is 0.326 e. The van der Waals surface area contributed by atoms with Crippen LogP contribution in [0, 0.1) is 5.92 Å². The van der Waals surface area contributed by atoms with Crippen LogP contribution in [0.4, 0.5) is 0 Å². The number of halogens is 1. The highest BCUT2D eigenvalue weighted by Crippen LogP contribution is 2.22. The molecule has 0 aliphatic heterocycles. The average Bonchev–Trinajstić information content (AvgIpc) is 2.43. The van der Waals surface area contributed by atoms with Gasteiger partial charge in [-0.1, -0.05) is 82.7 Å². The fourth-order valence-corrected chi connectivity index (χ4v) is 2.18. The summed E-state index contributed by atoms with van der Waals surface area (Å²) in [5.41, 5.74) is 6.37. The van der Waals surface area contributed by atoms with Gasteiger partial charge in [0.1, 0.15) is 0 Å². The number of rotatable bonds is 1. The van der Waals surface area contributed by atoms with E-state index in [9.17, 15) is 0 Å². The zero-order valence-electron chi connectivity index (χ0n) is 12.1. The molecule has 1 nitrogen and oxygen atoms in total. The molecule has 0 amide bonds. The topological polar surface area (TPSA) is 26.0 Å². The molecule has 0 atom stereocenters. The van der Waals surface area contributed by atoms with E-state index < -0.39 is 0 Å². The summed E-state index contributed by atoms with van der Waals surface area (Å²) in [6.45, 7) is 6.87. The van der Waals surface area contributed by atoms with Gasteiger partial charge in [0.25, 0.3) is 0 Å². The SMILES string of the molecule is CC.CC1CCCCC1.NCc1ccccc1Cl. The predicted molar refractivity (Wildman–Crippen MR) is 82.9 cm³/mol. The molecule has 0 aromatic heterocycles. The lowest BCUT2D eigenvalue weighted by atomic mass is 9.91. The maximum atomic E-state index is 5.74. The molecule has 104 valence electrons. The monoisotopic (exact) mass is 269 g/mol. The first kappa shape index (κ1) is 17.5. The van der Waals surface area contributed by atoms with Gasteiger partial charge in [-0.15, -0.1) is 0 Å². The van der Waals surface area contributed by atoms with Crippen molar-refractivity contribution >= 4 is 11.6 Å². The van der Waals surface area contributed by atoms with E-state index in [1.807, 2.05) is 38.1 Å². The van der Waals surface area contributed by atoms with Crippen molar-refractivity contribution in [1.82, 2.24) is 0 Å². The normalized spacial score (nSPS) is 14.9. The Hall–Kier alpha value is -0.530. The van der Waals surface area contributed by atoms with Crippen LogP contribution in [0.1, 0.15) is 58.4 Å². The van der Waals surface area contributed by atoms with Crippen LogP contribution in [-0.4, -0.2) is 0 Å². The summed E-state index contributed by atoms with van der Waals surface area (Å²) >= 11 is 5.74. The zero-order valence-corrected chi connectivity index (χ0v) is 12.8. The minimum atomic E-state index is 0.514. The predicted octanol–water partition coefficient (Wildman–Crippen LogP) is 5.41. The van der Waals surface area contributed by atoms with Crippen molar-refractivity contribution in [2.24, 2.45) is 11.7 Å². The fraction of sp³-hybridized carbons (Fsp3) is 0.625. The quantitative estimate of drug-likeness (QED) is 0.725. The Labute approximate surface area is 118 Å². The third-order valence-corrected chi connectivity index (χ3v) is 3.44. The summed E-state index contributed by atoms with van der Waals surface area (Å²) in [4.78, 5) is 0. The first-order valence-corrected chi connectivity index (χ1v) is 7.55. The zero-order chi connectivity index (χ0) is 13.8. The second kappa shape index (κ2) is 11.6. The lowest BCUT2D eigenvalue weighted by Gasteiger charge is -2.15. The van der Waals surface area contributed by atoms with Gasteiger partial charge in [-0.2, -0.15) is 0 Å². The Morgan fingerprint density at radius 2 is 1.67 bits per heavy atom. The van der Waals surface area contributed by atoms with E-state index in [-0.39, 0.29) is 0 Å². The van der Waals surface area contributed by atoms with Gasteiger partial charge in [0.15, 0.2) is 0 Å². The standard InChI is InChI=1S/C7H8ClN.C7H14.C2H6/c8-7-4-2-1-3-6(7)5-9;1-7-5-3-2-4-6-7;1-2/h1-4H,5,9H2;7H,2-6H2,1H3;1-2H3. The minimum absolute atomic E-state index is 0.514. The Morgan fingerprint density at radius 3 is 2.00 bits per heavy atom. The first-order valence-electron chi connectivity index (χ1n) is 7.17. The van der Waals surface area contributed by atoms with E-state index in [2.05, 4.69) is 6.92 Å². The summed E-state index contributed by atoms with van der Waals surface area (Å²) in [5, 5.41) is 0.750. The molecule has 2 heteroatoms. The Balaban J connectivity index is 0.000000289. The van der Waals surface area contributed by atoms with Crippen molar-refractivity contribution < 1.29 is 0 Å². The third-order valence-electron chi connectivity index (χ3n) is 3.07. The van der Waals surface area contributed by atoms with Gasteiger partial charge in [-0.05, 0) is 17.5 Å². The smallest absolute Gasteiger partial charge is 0.0450 e. The van der Waals surface area contributed by atoms with Crippen molar-refractivity contribution in [2.45, 2.75) is 59.4 Å². The summed E-state index contributed by atoms with van der Waals surface area (Å²) in [5.74, 6) is 1.04. The Bertz CT molecular complexity index is 293. The van der Waals surface area contributed by atoms with Crippen LogP contribution in [0.2, 0.25) is 5.02 Å². The summed E-state index contributed by atoms with van der Waals surface area (Å²) in [7, 11) is 0. The van der Waals surface area contributed by atoms with Gasteiger partial charge in [-0.3, -0.25) is 0 Å². The van der Waals surface area contributed by atoms with Gasteiger partial charge in [0.2, 0.25) is 0 Å². The van der Waals surface area contributed by atoms with E-state index in [0.717, 1.165) is 16.5 Å². The van der Waals surface area contributed by atoms with Gasteiger partial charge in [0.05, 0.1) is 0 Å². The van der Waals surface area contributed by atoms with Crippen molar-refractivity contribution in [3.8, 4) is 0 Å². The molecule has 0 spiro atoms. The molecule has 0 heterocycles. The molecule has 2 rings (SSSR count). The van der Waals surface area contributed by atoms with E-state index in [4.69, 9.17) is 17.3 Å². The minimum Gasteiger partial charge on any atom is -0.326 e. The second-order valence-corrected chi connectivity index (χ2v) is 4.95. The molecule has 1 aliphatic carbocycles. The molecule has 18 heavy (non-hydrogen) atoms. The molecular weight excluding hydrogens is 242 g/mol. The summed E-state index contributed by atoms with van der Waals surface area (Å²) in [6.07, 6.45) is 7.44. The maximum Gasteiger partial charge on any atom is 0.0450 e. The number of nitrogens with two attached hydrogens (primary N) is 1. The maximum absolute atomic E-state index is 5.74. The van der Waals surface area contributed by atoms with Crippen molar-refractivity contribution in [2.75, 3.05) is 0 Å². The van der Waals surface area contributed by atoms with Crippen molar-refractivity contribution in [3.05, 3.63) is 34.9 Å². The molecule has 1 aromatic carbocycles. The molecule has 1 aliphatic rings. The van der Waals surface area contributed by atoms with Gasteiger partial charge in [-0.25, -0.2) is 0 Å². The number of hydrogen-bond donors (Lipinski definition) is 1. The van der Waals surface area contributed by atoms with Crippen LogP contribution in [0.5, 0.6) is 0 Å². The number of hydrogen-bond acceptors (Lipinski definition) is 1. The lowest BCUT2D eigenvalue weighted by Crippen LogP contribution is -1.99. The molecule has 1 aromatic rings. The van der Waals surface area contributed by atoms with Crippen LogP contribution in [0.25, 0.3) is 0 Å². The van der Waals surface area contributed by atoms with Crippen LogP contribution in [0.3, 0.4) is 0 Å². The molecular formula is C16H28ClN. The summed E-state index contributed by atoms with van der Waals surface area (Å²) in [6, 6.07) is 7.57. The van der Waals surface area contributed by atoms with Crippen LogP contribution in [-0.2, 0) is 6.54 Å². The Kier molecular flexibility index (Phi) is 11.2. The molecule has 0 radical (unpaired) electrons. The molecule has 1 saturated carbocycles. The Morgan fingerprint density at radius 1 is 1.11 bits per heavy atom. The van der Waals surface area contributed by atoms with Crippen molar-refractivity contribution in [3.63, 3.8) is 0 Å². The molecule has 1 fully saturated rings. The van der Waals surface area contributed by atoms with Crippen LogP contribution >= 0.6 is 11.6 Å². The fourth-order valence-electron chi connectivity index (χ4n) is 1.97. The van der Waals surface area contributed by atoms with Gasteiger partial charge in [0, 0.05) is 11.6 Å². The highest BCUT2D eigenvalue weighted by molar-refractivity contribution is 6.31. The van der Waals surface area contributed by atoms with Crippen molar-refractivity contribution in [1.29, 1.82) is 0 Å². The third kappa shape index (κ3) is 7.73. The highest BCUT2D eigenvalue weighted by Gasteiger charge is 2.05. The van der Waals surface area contributed by atoms with E-state index >= 15 is 0 Å². The highest BCUT2D eigenvalue weighted by atomic mass is 35.5. The summed E-state index contributed by atoms with van der Waals surface area (Å²) < 4.78 is 0. The molecule has 0 unspecified atom stereocenters. The average molecular weight is 270 g/mol. The van der Waals surface area contributed by atoms with Crippen LogP contribution in [0.15, 0.2) is 24.3 Å². The molecule has 0 bridgehead atoms. The molecule has 0 saturated heterocycles. The number of benzene rings is 1. The van der Waals surface area contributed by atoms with Gasteiger partial charge < -0.3 is 5.73 Å². The van der Waals surface area contributed by atoms with E-state index in [1.54, 1.807) is 0 Å². The first-order chi connectivity index (χ1) is 8.74. The molecule has 2 N–H and O–H groups in total. The lowest BCUT2D eigenvalue weighted by molar-refractivity contribution is 0.385. The van der Waals surface area contributed by atoms with Crippen LogP contribution < -0.4 is 5.73 Å². The van der Waals surface area contributed by atoms with E-state index in [0.29, 0.717) is 6.54 Å². The van der Waals surface area contributed by atoms with E-state index in [1.165, 1.54) is 32.1 Å². The van der Waals surface area contributed by atoms with Gasteiger partial charge >= 0.3 is 0 Å². The second-order valence-electron chi connectivity index (χ2n) is 4.54.